The third-order valence-electron chi connectivity index (χ3n) is 0.987. The minimum Gasteiger partial charge on any atom is -0.337 e. The van der Waals surface area contributed by atoms with E-state index in [1.807, 2.05) is 6.92 Å². The molecule has 0 radical (unpaired) electrons. The Balaban J connectivity index is 2.37. The second-order valence-corrected chi connectivity index (χ2v) is 1.84. The predicted molar refractivity (Wildman–Crippen MR) is 38.5 cm³/mol. The van der Waals surface area contributed by atoms with Crippen molar-refractivity contribution in [3.63, 3.8) is 0 Å². The maximum atomic E-state index is 10.8. The topological polar surface area (TPSA) is 71.8 Å². The van der Waals surface area contributed by atoms with Gasteiger partial charge in [-0.2, -0.15) is 0 Å². The van der Waals surface area contributed by atoms with E-state index in [1.165, 1.54) is 17.3 Å². The highest BCUT2D eigenvalue weighted by Gasteiger charge is 1.96. The summed E-state index contributed by atoms with van der Waals surface area (Å²) in [5, 5.41) is 9.57. The molecule has 60 valence electrons. The number of amides is 2. The molecule has 0 spiro atoms. The minimum absolute atomic E-state index is 0.271. The summed E-state index contributed by atoms with van der Waals surface area (Å²) in [4.78, 5) is 10.8. The van der Waals surface area contributed by atoms with Crippen molar-refractivity contribution in [3.8, 4) is 0 Å². The Morgan fingerprint density at radius 2 is 2.18 bits per heavy atom. The van der Waals surface area contributed by atoms with E-state index in [-0.39, 0.29) is 6.03 Å². The van der Waals surface area contributed by atoms with Crippen molar-refractivity contribution in [3.05, 3.63) is 12.7 Å². The first-order chi connectivity index (χ1) is 5.33. The third-order valence-corrected chi connectivity index (χ3v) is 0.987. The lowest BCUT2D eigenvalue weighted by molar-refractivity contribution is 0.250. The standard InChI is InChI=1S/C5H9N5O/c1-2-6-5(11)9-10-3-7-8-4-10/h3-4H,2H2,1H3,(H2,6,9,11). The van der Waals surface area contributed by atoms with Crippen LogP contribution in [0, 0.1) is 0 Å². The second-order valence-electron chi connectivity index (χ2n) is 1.84. The molecule has 0 bridgehead atoms. The molecule has 2 N–H and O–H groups in total. The summed E-state index contributed by atoms with van der Waals surface area (Å²) in [5.74, 6) is 0. The highest BCUT2D eigenvalue weighted by Crippen LogP contribution is 1.74. The SMILES string of the molecule is CCNC(=O)Nn1cnnc1. The lowest BCUT2D eigenvalue weighted by Crippen LogP contribution is -2.33. The molecule has 0 saturated heterocycles. The van der Waals surface area contributed by atoms with E-state index in [0.717, 1.165) is 0 Å². The van der Waals surface area contributed by atoms with Crippen LogP contribution < -0.4 is 10.7 Å². The number of aromatic nitrogens is 3. The first kappa shape index (κ1) is 7.52. The minimum atomic E-state index is -0.271. The van der Waals surface area contributed by atoms with Gasteiger partial charge < -0.3 is 5.32 Å². The Hall–Kier alpha value is -1.59. The average molecular weight is 155 g/mol. The molecule has 0 aromatic carbocycles. The van der Waals surface area contributed by atoms with E-state index in [4.69, 9.17) is 0 Å². The van der Waals surface area contributed by atoms with Crippen molar-refractivity contribution in [2.75, 3.05) is 12.0 Å². The Bertz CT molecular complexity index is 219. The van der Waals surface area contributed by atoms with Gasteiger partial charge in [-0.15, -0.1) is 10.2 Å². The van der Waals surface area contributed by atoms with Crippen LogP contribution in [-0.2, 0) is 0 Å². The zero-order valence-corrected chi connectivity index (χ0v) is 6.11. The number of nitrogens with one attached hydrogen (secondary N) is 2. The van der Waals surface area contributed by atoms with Crippen molar-refractivity contribution in [1.82, 2.24) is 20.2 Å². The monoisotopic (exact) mass is 155 g/mol. The van der Waals surface area contributed by atoms with Crippen molar-refractivity contribution >= 4 is 6.03 Å². The molecule has 0 atom stereocenters. The molecular weight excluding hydrogens is 146 g/mol. The molecule has 2 amide bonds. The molecule has 1 aromatic rings. The summed E-state index contributed by atoms with van der Waals surface area (Å²) in [6.07, 6.45) is 2.80. The first-order valence-corrected chi connectivity index (χ1v) is 3.22. The van der Waals surface area contributed by atoms with Crippen LogP contribution in [-0.4, -0.2) is 27.4 Å². The van der Waals surface area contributed by atoms with E-state index in [2.05, 4.69) is 20.9 Å². The van der Waals surface area contributed by atoms with Gasteiger partial charge in [0.2, 0.25) is 0 Å². The van der Waals surface area contributed by atoms with E-state index in [0.29, 0.717) is 6.54 Å². The highest BCUT2D eigenvalue weighted by molar-refractivity contribution is 5.81. The molecule has 0 aliphatic rings. The molecule has 6 nitrogen and oxygen atoms in total. The maximum absolute atomic E-state index is 10.8. The quantitative estimate of drug-likeness (QED) is 0.607. The zero-order chi connectivity index (χ0) is 8.10. The van der Waals surface area contributed by atoms with Crippen LogP contribution >= 0.6 is 0 Å². The van der Waals surface area contributed by atoms with Crippen LogP contribution in [0.25, 0.3) is 0 Å². The lowest BCUT2D eigenvalue weighted by Gasteiger charge is -2.03. The zero-order valence-electron chi connectivity index (χ0n) is 6.11. The van der Waals surface area contributed by atoms with Crippen LogP contribution in [0.5, 0.6) is 0 Å². The number of hydrogen-bond acceptors (Lipinski definition) is 3. The number of nitrogens with zero attached hydrogens (tertiary/aromatic N) is 3. The van der Waals surface area contributed by atoms with Gasteiger partial charge >= 0.3 is 6.03 Å². The predicted octanol–water partition coefficient (Wildman–Crippen LogP) is -0.449. The first-order valence-electron chi connectivity index (χ1n) is 3.22. The molecule has 11 heavy (non-hydrogen) atoms. The summed E-state index contributed by atoms with van der Waals surface area (Å²) in [5.41, 5.74) is 2.46. The van der Waals surface area contributed by atoms with E-state index in [9.17, 15) is 4.79 Å². The van der Waals surface area contributed by atoms with Crippen LogP contribution in [0.15, 0.2) is 12.7 Å². The van der Waals surface area contributed by atoms with E-state index < -0.39 is 0 Å². The lowest BCUT2D eigenvalue weighted by atomic mass is 10.7. The molecule has 1 aromatic heterocycles. The van der Waals surface area contributed by atoms with Gasteiger partial charge in [0.15, 0.2) is 0 Å². The van der Waals surface area contributed by atoms with Gasteiger partial charge in [0.1, 0.15) is 12.7 Å². The third kappa shape index (κ3) is 2.24. The molecule has 0 aliphatic heterocycles. The smallest absolute Gasteiger partial charge is 0.333 e. The highest BCUT2D eigenvalue weighted by atomic mass is 16.2. The second kappa shape index (κ2) is 3.55. The van der Waals surface area contributed by atoms with Crippen LogP contribution in [0.2, 0.25) is 0 Å². The van der Waals surface area contributed by atoms with Crippen molar-refractivity contribution < 1.29 is 4.79 Å². The Morgan fingerprint density at radius 1 is 1.55 bits per heavy atom. The molecule has 1 rings (SSSR count). The molecular formula is C5H9N5O. The van der Waals surface area contributed by atoms with E-state index >= 15 is 0 Å². The van der Waals surface area contributed by atoms with Gasteiger partial charge in [0, 0.05) is 6.54 Å². The summed E-state index contributed by atoms with van der Waals surface area (Å²) in [6.45, 7) is 2.43. The molecule has 0 aliphatic carbocycles. The molecule has 0 saturated carbocycles. The van der Waals surface area contributed by atoms with Crippen molar-refractivity contribution in [2.45, 2.75) is 6.92 Å². The van der Waals surface area contributed by atoms with Crippen molar-refractivity contribution in [2.24, 2.45) is 0 Å². The van der Waals surface area contributed by atoms with Gasteiger partial charge in [-0.3, -0.25) is 0 Å². The van der Waals surface area contributed by atoms with Gasteiger partial charge in [-0.25, -0.2) is 14.9 Å². The average Bonchev–Trinajstić information content (AvgIpc) is 2.40. The Kier molecular flexibility index (Phi) is 2.42. The molecule has 6 heteroatoms. The number of rotatable bonds is 2. The van der Waals surface area contributed by atoms with Gasteiger partial charge in [0.25, 0.3) is 0 Å². The fraction of sp³-hybridized carbons (Fsp3) is 0.400. The largest absolute Gasteiger partial charge is 0.337 e. The summed E-state index contributed by atoms with van der Waals surface area (Å²) >= 11 is 0. The van der Waals surface area contributed by atoms with Crippen LogP contribution in [0.4, 0.5) is 4.79 Å². The number of hydrogen-bond donors (Lipinski definition) is 2. The molecule has 0 unspecified atom stereocenters. The van der Waals surface area contributed by atoms with Crippen LogP contribution in [0.3, 0.4) is 0 Å². The maximum Gasteiger partial charge on any atom is 0.333 e. The van der Waals surface area contributed by atoms with Gasteiger partial charge in [0.05, 0.1) is 0 Å². The van der Waals surface area contributed by atoms with Gasteiger partial charge in [-0.05, 0) is 6.92 Å². The number of carbonyl (C=O) groups excluding carboxylic acids is 1. The molecule has 0 fully saturated rings. The van der Waals surface area contributed by atoms with Crippen molar-refractivity contribution in [1.29, 1.82) is 0 Å². The van der Waals surface area contributed by atoms with Crippen LogP contribution in [0.1, 0.15) is 6.92 Å². The summed E-state index contributed by atoms with van der Waals surface area (Å²) < 4.78 is 1.37. The fourth-order valence-corrected chi connectivity index (χ4v) is 0.576. The van der Waals surface area contributed by atoms with E-state index in [1.54, 1.807) is 0 Å². The summed E-state index contributed by atoms with van der Waals surface area (Å²) in [7, 11) is 0. The fourth-order valence-electron chi connectivity index (χ4n) is 0.576. The Labute approximate surface area is 63.6 Å². The number of carbonyl (C=O) groups is 1. The molecule has 1 heterocycles. The van der Waals surface area contributed by atoms with Gasteiger partial charge in [-0.1, -0.05) is 0 Å². The normalized spacial score (nSPS) is 9.18. The Morgan fingerprint density at radius 3 is 2.73 bits per heavy atom. The summed E-state index contributed by atoms with van der Waals surface area (Å²) in [6, 6.07) is -0.271. The number of urea groups is 1.